The summed E-state index contributed by atoms with van der Waals surface area (Å²) in [6.45, 7) is 6.92. The van der Waals surface area contributed by atoms with E-state index in [1.807, 2.05) is 0 Å². The van der Waals surface area contributed by atoms with E-state index in [0.717, 1.165) is 17.9 Å². The van der Waals surface area contributed by atoms with Gasteiger partial charge in [0.2, 0.25) is 0 Å². The summed E-state index contributed by atoms with van der Waals surface area (Å²) in [6.07, 6.45) is 3.96. The Morgan fingerprint density at radius 1 is 1.17 bits per heavy atom. The van der Waals surface area contributed by atoms with E-state index in [2.05, 4.69) is 57.4 Å². The van der Waals surface area contributed by atoms with Crippen molar-refractivity contribution in [3.8, 4) is 0 Å². The summed E-state index contributed by atoms with van der Waals surface area (Å²) in [5.41, 5.74) is 2.96. The molecule has 3 atom stereocenters. The SMILES string of the molecule is CNC1CCC(Cc2ccc(C(C)C)cc2)C1C. The van der Waals surface area contributed by atoms with Crippen molar-refractivity contribution in [3.05, 3.63) is 35.4 Å². The molecular formula is C17H27N. The van der Waals surface area contributed by atoms with Gasteiger partial charge >= 0.3 is 0 Å². The molecule has 3 unspecified atom stereocenters. The lowest BCUT2D eigenvalue weighted by Gasteiger charge is -2.20. The van der Waals surface area contributed by atoms with Crippen molar-refractivity contribution in [2.75, 3.05) is 7.05 Å². The smallest absolute Gasteiger partial charge is 0.00925 e. The van der Waals surface area contributed by atoms with E-state index in [1.54, 1.807) is 0 Å². The third kappa shape index (κ3) is 2.95. The molecule has 1 aliphatic carbocycles. The molecular weight excluding hydrogens is 218 g/mol. The first-order valence-corrected chi connectivity index (χ1v) is 7.38. The third-order valence-corrected chi connectivity index (χ3v) is 4.74. The molecule has 1 aromatic carbocycles. The van der Waals surface area contributed by atoms with E-state index in [-0.39, 0.29) is 0 Å². The van der Waals surface area contributed by atoms with Crippen LogP contribution in [0.2, 0.25) is 0 Å². The summed E-state index contributed by atoms with van der Waals surface area (Å²) in [7, 11) is 2.10. The van der Waals surface area contributed by atoms with E-state index in [1.165, 1.54) is 30.4 Å². The van der Waals surface area contributed by atoms with Crippen molar-refractivity contribution in [1.29, 1.82) is 0 Å². The highest BCUT2D eigenvalue weighted by molar-refractivity contribution is 5.25. The Bertz CT molecular complexity index is 366. The van der Waals surface area contributed by atoms with Crippen LogP contribution in [-0.2, 0) is 6.42 Å². The average molecular weight is 245 g/mol. The minimum Gasteiger partial charge on any atom is -0.317 e. The van der Waals surface area contributed by atoms with Gasteiger partial charge in [-0.2, -0.15) is 0 Å². The van der Waals surface area contributed by atoms with Crippen LogP contribution in [0.5, 0.6) is 0 Å². The Labute approximate surface area is 112 Å². The Morgan fingerprint density at radius 3 is 2.33 bits per heavy atom. The van der Waals surface area contributed by atoms with Gasteiger partial charge in [-0.3, -0.25) is 0 Å². The van der Waals surface area contributed by atoms with Gasteiger partial charge < -0.3 is 5.32 Å². The highest BCUT2D eigenvalue weighted by atomic mass is 14.9. The highest BCUT2D eigenvalue weighted by Crippen LogP contribution is 2.34. The molecule has 0 heterocycles. The van der Waals surface area contributed by atoms with Crippen molar-refractivity contribution < 1.29 is 0 Å². The van der Waals surface area contributed by atoms with E-state index >= 15 is 0 Å². The van der Waals surface area contributed by atoms with Gasteiger partial charge in [0.15, 0.2) is 0 Å². The fourth-order valence-electron chi connectivity index (χ4n) is 3.28. The molecule has 0 aliphatic heterocycles. The molecule has 1 aromatic rings. The maximum Gasteiger partial charge on any atom is 0.00925 e. The van der Waals surface area contributed by atoms with Crippen molar-refractivity contribution in [2.24, 2.45) is 11.8 Å². The summed E-state index contributed by atoms with van der Waals surface area (Å²) in [6, 6.07) is 9.98. The quantitative estimate of drug-likeness (QED) is 0.846. The van der Waals surface area contributed by atoms with Gasteiger partial charge in [-0.25, -0.2) is 0 Å². The minimum atomic E-state index is 0.637. The molecule has 0 amide bonds. The molecule has 0 saturated heterocycles. The van der Waals surface area contributed by atoms with Gasteiger partial charge in [0, 0.05) is 6.04 Å². The fourth-order valence-corrected chi connectivity index (χ4v) is 3.28. The van der Waals surface area contributed by atoms with Gasteiger partial charge in [0.1, 0.15) is 0 Å². The van der Waals surface area contributed by atoms with Gasteiger partial charge in [-0.05, 0) is 55.2 Å². The molecule has 0 radical (unpaired) electrons. The van der Waals surface area contributed by atoms with Gasteiger partial charge in [0.05, 0.1) is 0 Å². The topological polar surface area (TPSA) is 12.0 Å². The minimum absolute atomic E-state index is 0.637. The lowest BCUT2D eigenvalue weighted by Crippen LogP contribution is -2.29. The van der Waals surface area contributed by atoms with Crippen LogP contribution in [0.3, 0.4) is 0 Å². The van der Waals surface area contributed by atoms with Crippen molar-refractivity contribution >= 4 is 0 Å². The van der Waals surface area contributed by atoms with Gasteiger partial charge in [-0.1, -0.05) is 45.0 Å². The summed E-state index contributed by atoms with van der Waals surface area (Å²) in [5, 5.41) is 3.45. The van der Waals surface area contributed by atoms with Crippen LogP contribution >= 0.6 is 0 Å². The number of hydrogen-bond donors (Lipinski definition) is 1. The molecule has 1 fully saturated rings. The van der Waals surface area contributed by atoms with Gasteiger partial charge in [-0.15, -0.1) is 0 Å². The highest BCUT2D eigenvalue weighted by Gasteiger charge is 2.31. The van der Waals surface area contributed by atoms with Crippen molar-refractivity contribution in [2.45, 2.75) is 52.0 Å². The molecule has 1 aliphatic rings. The Morgan fingerprint density at radius 2 is 1.83 bits per heavy atom. The molecule has 18 heavy (non-hydrogen) atoms. The number of rotatable bonds is 4. The van der Waals surface area contributed by atoms with E-state index in [0.29, 0.717) is 5.92 Å². The van der Waals surface area contributed by atoms with E-state index < -0.39 is 0 Å². The largest absolute Gasteiger partial charge is 0.317 e. The van der Waals surface area contributed by atoms with Crippen LogP contribution in [0.25, 0.3) is 0 Å². The predicted molar refractivity (Wildman–Crippen MR) is 79.0 cm³/mol. The Kier molecular flexibility index (Phi) is 4.45. The van der Waals surface area contributed by atoms with Gasteiger partial charge in [0.25, 0.3) is 0 Å². The molecule has 0 bridgehead atoms. The second kappa shape index (κ2) is 5.88. The summed E-state index contributed by atoms with van der Waals surface area (Å²) in [5.74, 6) is 2.30. The zero-order chi connectivity index (χ0) is 13.1. The number of hydrogen-bond acceptors (Lipinski definition) is 1. The first-order valence-electron chi connectivity index (χ1n) is 7.38. The molecule has 1 N–H and O–H groups in total. The zero-order valence-electron chi connectivity index (χ0n) is 12.2. The summed E-state index contributed by atoms with van der Waals surface area (Å²) < 4.78 is 0. The second-order valence-corrected chi connectivity index (χ2v) is 6.19. The third-order valence-electron chi connectivity index (χ3n) is 4.74. The lowest BCUT2D eigenvalue weighted by atomic mass is 9.89. The monoisotopic (exact) mass is 245 g/mol. The fraction of sp³-hybridized carbons (Fsp3) is 0.647. The maximum atomic E-state index is 3.45. The molecule has 1 nitrogen and oxygen atoms in total. The molecule has 1 heteroatoms. The molecule has 0 aromatic heterocycles. The molecule has 0 spiro atoms. The first-order chi connectivity index (χ1) is 8.61. The molecule has 1 saturated carbocycles. The Balaban J connectivity index is 1.98. The van der Waals surface area contributed by atoms with Crippen LogP contribution in [0.1, 0.15) is 50.7 Å². The van der Waals surface area contributed by atoms with Crippen LogP contribution < -0.4 is 5.32 Å². The maximum absolute atomic E-state index is 3.45. The van der Waals surface area contributed by atoms with Crippen LogP contribution in [0.4, 0.5) is 0 Å². The lowest BCUT2D eigenvalue weighted by molar-refractivity contribution is 0.364. The van der Waals surface area contributed by atoms with Crippen molar-refractivity contribution in [3.63, 3.8) is 0 Å². The van der Waals surface area contributed by atoms with Crippen LogP contribution in [0, 0.1) is 11.8 Å². The molecule has 100 valence electrons. The molecule has 2 rings (SSSR count). The second-order valence-electron chi connectivity index (χ2n) is 6.19. The normalized spacial score (nSPS) is 27.9. The van der Waals surface area contributed by atoms with E-state index in [9.17, 15) is 0 Å². The summed E-state index contributed by atoms with van der Waals surface area (Å²) >= 11 is 0. The summed E-state index contributed by atoms with van der Waals surface area (Å²) in [4.78, 5) is 0. The van der Waals surface area contributed by atoms with Crippen molar-refractivity contribution in [1.82, 2.24) is 5.32 Å². The average Bonchev–Trinajstić information content (AvgIpc) is 2.71. The van der Waals surface area contributed by atoms with Crippen LogP contribution in [-0.4, -0.2) is 13.1 Å². The van der Waals surface area contributed by atoms with E-state index in [4.69, 9.17) is 0 Å². The first kappa shape index (κ1) is 13.6. The standard InChI is InChI=1S/C17H27N/c1-12(2)15-7-5-14(6-8-15)11-16-9-10-17(18-4)13(16)3/h5-8,12-13,16-18H,9-11H2,1-4H3. The number of nitrogens with one attached hydrogen (secondary N) is 1. The zero-order valence-corrected chi connectivity index (χ0v) is 12.2. The number of benzene rings is 1. The van der Waals surface area contributed by atoms with Crippen LogP contribution in [0.15, 0.2) is 24.3 Å². The predicted octanol–water partition coefficient (Wildman–Crippen LogP) is 3.99. The Hall–Kier alpha value is -0.820.